The Balaban J connectivity index is 2.10. The minimum absolute atomic E-state index is 0.189. The highest BCUT2D eigenvalue weighted by atomic mass is 16.3. The standard InChI is InChI=1S/C15H21N5O/c1-10-5-6-11(12(21)9-10)20-14(17)18-13(16)19-15(20)7-3-2-4-8-15/h5-6,9,21H,2-4,7-8H2,1H3,(H4,16,17,18,19). The second-order valence-electron chi connectivity index (χ2n) is 5.81. The quantitative estimate of drug-likeness (QED) is 0.733. The molecule has 3 rings (SSSR count). The third kappa shape index (κ3) is 2.30. The van der Waals surface area contributed by atoms with Crippen molar-refractivity contribution in [3.8, 4) is 5.75 Å². The zero-order chi connectivity index (χ0) is 15.0. The molecule has 0 amide bonds. The van der Waals surface area contributed by atoms with Crippen molar-refractivity contribution < 1.29 is 5.11 Å². The first-order valence-electron chi connectivity index (χ1n) is 7.31. The van der Waals surface area contributed by atoms with Crippen LogP contribution < -0.4 is 16.4 Å². The molecule has 0 aromatic heterocycles. The lowest BCUT2D eigenvalue weighted by Gasteiger charge is -2.45. The van der Waals surface area contributed by atoms with Gasteiger partial charge in [-0.3, -0.25) is 4.90 Å². The van der Waals surface area contributed by atoms with Gasteiger partial charge in [0.1, 0.15) is 11.4 Å². The number of hydrogen-bond acceptors (Lipinski definition) is 6. The Kier molecular flexibility index (Phi) is 3.23. The van der Waals surface area contributed by atoms with Gasteiger partial charge in [0, 0.05) is 0 Å². The maximum atomic E-state index is 10.3. The largest absolute Gasteiger partial charge is 0.506 e. The van der Waals surface area contributed by atoms with Gasteiger partial charge in [0.05, 0.1) is 5.69 Å². The molecule has 0 atom stereocenters. The van der Waals surface area contributed by atoms with Crippen LogP contribution in [0, 0.1) is 6.92 Å². The predicted molar refractivity (Wildman–Crippen MR) is 84.4 cm³/mol. The van der Waals surface area contributed by atoms with Crippen molar-refractivity contribution in [2.75, 3.05) is 4.90 Å². The van der Waals surface area contributed by atoms with Crippen LogP contribution >= 0.6 is 0 Å². The number of aliphatic imine (C=N–C) groups is 2. The van der Waals surface area contributed by atoms with E-state index in [2.05, 4.69) is 9.98 Å². The number of guanidine groups is 2. The summed E-state index contributed by atoms with van der Waals surface area (Å²) >= 11 is 0. The minimum atomic E-state index is -0.513. The van der Waals surface area contributed by atoms with Crippen LogP contribution in [0.3, 0.4) is 0 Å². The van der Waals surface area contributed by atoms with E-state index in [1.54, 1.807) is 6.07 Å². The zero-order valence-corrected chi connectivity index (χ0v) is 12.2. The van der Waals surface area contributed by atoms with E-state index in [-0.39, 0.29) is 11.7 Å². The van der Waals surface area contributed by atoms with Gasteiger partial charge in [0.15, 0.2) is 0 Å². The topological polar surface area (TPSA) is 100 Å². The van der Waals surface area contributed by atoms with Crippen molar-refractivity contribution in [1.29, 1.82) is 0 Å². The molecule has 5 N–H and O–H groups in total. The summed E-state index contributed by atoms with van der Waals surface area (Å²) in [7, 11) is 0. The lowest BCUT2D eigenvalue weighted by atomic mass is 9.87. The second-order valence-corrected chi connectivity index (χ2v) is 5.81. The number of nitrogens with two attached hydrogens (primary N) is 2. The fourth-order valence-corrected chi connectivity index (χ4v) is 3.29. The van der Waals surface area contributed by atoms with Crippen molar-refractivity contribution >= 4 is 17.6 Å². The van der Waals surface area contributed by atoms with Crippen LogP contribution in [-0.2, 0) is 0 Å². The second kappa shape index (κ2) is 4.95. The van der Waals surface area contributed by atoms with Gasteiger partial charge >= 0.3 is 0 Å². The van der Waals surface area contributed by atoms with Crippen LogP contribution in [0.25, 0.3) is 0 Å². The molecule has 1 aliphatic carbocycles. The number of rotatable bonds is 1. The van der Waals surface area contributed by atoms with E-state index in [9.17, 15) is 5.11 Å². The molecule has 1 aromatic carbocycles. The van der Waals surface area contributed by atoms with Gasteiger partial charge in [0.2, 0.25) is 11.9 Å². The summed E-state index contributed by atoms with van der Waals surface area (Å²) in [6.45, 7) is 1.93. The van der Waals surface area contributed by atoms with E-state index in [0.29, 0.717) is 11.6 Å². The lowest BCUT2D eigenvalue weighted by Crippen LogP contribution is -2.58. The van der Waals surface area contributed by atoms with Crippen LogP contribution in [-0.4, -0.2) is 22.7 Å². The number of anilines is 1. The Morgan fingerprint density at radius 1 is 1.19 bits per heavy atom. The summed E-state index contributed by atoms with van der Waals surface area (Å²) in [6.07, 6.45) is 5.02. The minimum Gasteiger partial charge on any atom is -0.506 e. The highest BCUT2D eigenvalue weighted by Crippen LogP contribution is 2.42. The number of benzene rings is 1. The molecule has 0 radical (unpaired) electrons. The van der Waals surface area contributed by atoms with Gasteiger partial charge in [-0.15, -0.1) is 0 Å². The van der Waals surface area contributed by atoms with Crippen LogP contribution in [0.5, 0.6) is 5.75 Å². The van der Waals surface area contributed by atoms with Crippen LogP contribution in [0.1, 0.15) is 37.7 Å². The summed E-state index contributed by atoms with van der Waals surface area (Å²) in [4.78, 5) is 10.5. The normalized spacial score (nSPS) is 21.1. The van der Waals surface area contributed by atoms with Gasteiger partial charge in [-0.1, -0.05) is 12.5 Å². The van der Waals surface area contributed by atoms with Crippen molar-refractivity contribution in [2.24, 2.45) is 21.5 Å². The monoisotopic (exact) mass is 287 g/mol. The average molecular weight is 287 g/mol. The van der Waals surface area contributed by atoms with Crippen molar-refractivity contribution in [1.82, 2.24) is 0 Å². The van der Waals surface area contributed by atoms with Crippen LogP contribution in [0.2, 0.25) is 0 Å². The molecule has 0 saturated heterocycles. The number of hydrogen-bond donors (Lipinski definition) is 3. The SMILES string of the molecule is Cc1ccc(N2C(N)=NC(N)=NC23CCCCC3)c(O)c1. The molecule has 1 heterocycles. The smallest absolute Gasteiger partial charge is 0.220 e. The molecule has 1 fully saturated rings. The summed E-state index contributed by atoms with van der Waals surface area (Å²) in [5.41, 5.74) is 13.1. The molecule has 0 bridgehead atoms. The van der Waals surface area contributed by atoms with Gasteiger partial charge in [-0.25, -0.2) is 4.99 Å². The van der Waals surface area contributed by atoms with E-state index >= 15 is 0 Å². The molecule has 0 unspecified atom stereocenters. The Hall–Kier alpha value is -2.24. The van der Waals surface area contributed by atoms with Gasteiger partial charge in [-0.2, -0.15) is 4.99 Å². The zero-order valence-electron chi connectivity index (χ0n) is 12.2. The maximum absolute atomic E-state index is 10.3. The van der Waals surface area contributed by atoms with E-state index in [1.165, 1.54) is 6.42 Å². The van der Waals surface area contributed by atoms with Crippen LogP contribution in [0.15, 0.2) is 28.2 Å². The van der Waals surface area contributed by atoms with Crippen molar-refractivity contribution in [2.45, 2.75) is 44.7 Å². The highest BCUT2D eigenvalue weighted by molar-refractivity contribution is 6.06. The first-order chi connectivity index (χ1) is 10.0. The van der Waals surface area contributed by atoms with Crippen molar-refractivity contribution in [3.63, 3.8) is 0 Å². The lowest BCUT2D eigenvalue weighted by molar-refractivity contribution is 0.303. The summed E-state index contributed by atoms with van der Waals surface area (Å²) in [6, 6.07) is 5.53. The maximum Gasteiger partial charge on any atom is 0.220 e. The molecular formula is C15H21N5O. The molecule has 2 aliphatic rings. The number of aromatic hydroxyl groups is 1. The average Bonchev–Trinajstić information content (AvgIpc) is 2.41. The van der Waals surface area contributed by atoms with Crippen molar-refractivity contribution in [3.05, 3.63) is 23.8 Å². The summed E-state index contributed by atoms with van der Waals surface area (Å²) < 4.78 is 0. The van der Waals surface area contributed by atoms with E-state index in [1.807, 2.05) is 24.0 Å². The molecule has 1 aromatic rings. The summed E-state index contributed by atoms with van der Waals surface area (Å²) in [5, 5.41) is 10.3. The number of phenols is 1. The van der Waals surface area contributed by atoms with E-state index < -0.39 is 5.66 Å². The van der Waals surface area contributed by atoms with E-state index in [4.69, 9.17) is 11.5 Å². The first-order valence-corrected chi connectivity index (χ1v) is 7.31. The molecule has 21 heavy (non-hydrogen) atoms. The highest BCUT2D eigenvalue weighted by Gasteiger charge is 2.43. The number of aryl methyl sites for hydroxylation is 1. The van der Waals surface area contributed by atoms with Crippen LogP contribution in [0.4, 0.5) is 5.69 Å². The Labute approximate surface area is 124 Å². The molecule has 1 spiro atoms. The third-order valence-electron chi connectivity index (χ3n) is 4.22. The fraction of sp³-hybridized carbons (Fsp3) is 0.467. The molecule has 112 valence electrons. The molecular weight excluding hydrogens is 266 g/mol. The van der Waals surface area contributed by atoms with Gasteiger partial charge in [0.25, 0.3) is 0 Å². The first kappa shape index (κ1) is 13.7. The molecule has 1 aliphatic heterocycles. The van der Waals surface area contributed by atoms with E-state index in [0.717, 1.165) is 31.2 Å². The predicted octanol–water partition coefficient (Wildman–Crippen LogP) is 1.81. The third-order valence-corrected chi connectivity index (χ3v) is 4.22. The fourth-order valence-electron chi connectivity index (χ4n) is 3.29. The number of phenolic OH excluding ortho intramolecular Hbond substituents is 1. The van der Waals surface area contributed by atoms with Gasteiger partial charge in [-0.05, 0) is 50.3 Å². The Morgan fingerprint density at radius 2 is 1.90 bits per heavy atom. The Bertz CT molecular complexity index is 616. The Morgan fingerprint density at radius 3 is 2.57 bits per heavy atom. The molecule has 6 nitrogen and oxygen atoms in total. The molecule has 1 saturated carbocycles. The number of nitrogens with zero attached hydrogens (tertiary/aromatic N) is 3. The van der Waals surface area contributed by atoms with Gasteiger partial charge < -0.3 is 16.6 Å². The molecule has 6 heteroatoms. The summed E-state index contributed by atoms with van der Waals surface area (Å²) in [5.74, 6) is 0.703.